The van der Waals surface area contributed by atoms with Crippen molar-refractivity contribution in [1.29, 1.82) is 0 Å². The smallest absolute Gasteiger partial charge is 0.283 e. The number of carbonyl (C=O) groups is 1. The van der Waals surface area contributed by atoms with Crippen molar-refractivity contribution < 1.29 is 9.90 Å². The van der Waals surface area contributed by atoms with Gasteiger partial charge in [0.05, 0.1) is 11.9 Å². The number of rotatable bonds is 5. The number of benzene rings is 2. The summed E-state index contributed by atoms with van der Waals surface area (Å²) in [5.74, 6) is -0.0699. The summed E-state index contributed by atoms with van der Waals surface area (Å²) < 4.78 is 0. The van der Waals surface area contributed by atoms with Crippen LogP contribution in [-0.2, 0) is 6.42 Å². The van der Waals surface area contributed by atoms with E-state index in [1.165, 1.54) is 17.6 Å². The van der Waals surface area contributed by atoms with Gasteiger partial charge in [0, 0.05) is 10.6 Å². The second kappa shape index (κ2) is 8.33. The van der Waals surface area contributed by atoms with Crippen LogP contribution in [0.1, 0.15) is 33.4 Å². The molecule has 27 heavy (non-hydrogen) atoms. The summed E-state index contributed by atoms with van der Waals surface area (Å²) in [6.07, 6.45) is 2.19. The molecule has 2 aromatic carbocycles. The van der Waals surface area contributed by atoms with Crippen LogP contribution in [0.5, 0.6) is 5.75 Å². The zero-order valence-electron chi connectivity index (χ0n) is 14.9. The SMILES string of the molecule is CCc1nc(-c2ccc(Cl)cc2)sc1C(=O)N/N=C/c1ccc(O)c(C)c1. The number of aromatic nitrogens is 1. The van der Waals surface area contributed by atoms with E-state index < -0.39 is 0 Å². The first-order valence-corrected chi connectivity index (χ1v) is 9.56. The lowest BCUT2D eigenvalue weighted by atomic mass is 10.1. The number of nitrogens with one attached hydrogen (secondary N) is 1. The minimum atomic E-state index is -0.295. The summed E-state index contributed by atoms with van der Waals surface area (Å²) in [5, 5.41) is 15.0. The van der Waals surface area contributed by atoms with Crippen LogP contribution in [0.4, 0.5) is 0 Å². The Labute approximate surface area is 166 Å². The fraction of sp³-hybridized carbons (Fsp3) is 0.150. The molecule has 138 valence electrons. The van der Waals surface area contributed by atoms with Crippen LogP contribution in [0.25, 0.3) is 10.6 Å². The number of phenolic OH excluding ortho intramolecular Hbond substituents is 1. The Morgan fingerprint density at radius 1 is 1.30 bits per heavy atom. The van der Waals surface area contributed by atoms with Gasteiger partial charge in [-0.05, 0) is 54.8 Å². The third-order valence-electron chi connectivity index (χ3n) is 3.93. The Morgan fingerprint density at radius 3 is 2.70 bits per heavy atom. The monoisotopic (exact) mass is 399 g/mol. The molecular weight excluding hydrogens is 382 g/mol. The summed E-state index contributed by atoms with van der Waals surface area (Å²) in [6.45, 7) is 3.76. The van der Waals surface area contributed by atoms with E-state index in [1.807, 2.05) is 19.1 Å². The van der Waals surface area contributed by atoms with Crippen LogP contribution in [0.3, 0.4) is 0 Å². The number of halogens is 1. The minimum Gasteiger partial charge on any atom is -0.508 e. The molecule has 0 spiro atoms. The summed E-state index contributed by atoms with van der Waals surface area (Å²) in [7, 11) is 0. The normalized spacial score (nSPS) is 11.1. The topological polar surface area (TPSA) is 74.6 Å². The summed E-state index contributed by atoms with van der Waals surface area (Å²) in [5.41, 5.74) is 5.73. The van der Waals surface area contributed by atoms with Crippen LogP contribution < -0.4 is 5.43 Å². The molecule has 1 heterocycles. The molecule has 7 heteroatoms. The maximum atomic E-state index is 12.5. The Balaban J connectivity index is 1.76. The van der Waals surface area contributed by atoms with Crippen LogP contribution in [0.2, 0.25) is 5.02 Å². The quantitative estimate of drug-likeness (QED) is 0.477. The first-order chi connectivity index (χ1) is 13.0. The molecule has 0 atom stereocenters. The van der Waals surface area contributed by atoms with Gasteiger partial charge in [-0.2, -0.15) is 5.10 Å². The summed E-state index contributed by atoms with van der Waals surface area (Å²) in [6, 6.07) is 12.5. The van der Waals surface area contributed by atoms with Crippen molar-refractivity contribution in [2.75, 3.05) is 0 Å². The van der Waals surface area contributed by atoms with Crippen molar-refractivity contribution in [3.63, 3.8) is 0 Å². The van der Waals surface area contributed by atoms with Crippen molar-refractivity contribution in [2.24, 2.45) is 5.10 Å². The number of hydrazone groups is 1. The molecule has 1 amide bonds. The maximum Gasteiger partial charge on any atom is 0.283 e. The first-order valence-electron chi connectivity index (χ1n) is 8.36. The highest BCUT2D eigenvalue weighted by Crippen LogP contribution is 2.29. The number of hydrogen-bond donors (Lipinski definition) is 2. The van der Waals surface area contributed by atoms with Gasteiger partial charge in [-0.1, -0.05) is 30.7 Å². The highest BCUT2D eigenvalue weighted by molar-refractivity contribution is 7.17. The van der Waals surface area contributed by atoms with Gasteiger partial charge in [0.2, 0.25) is 0 Å². The van der Waals surface area contributed by atoms with E-state index in [2.05, 4.69) is 15.5 Å². The summed E-state index contributed by atoms with van der Waals surface area (Å²) >= 11 is 7.26. The van der Waals surface area contributed by atoms with E-state index in [4.69, 9.17) is 11.6 Å². The lowest BCUT2D eigenvalue weighted by Gasteiger charge is -2.00. The fourth-order valence-electron chi connectivity index (χ4n) is 2.46. The van der Waals surface area contributed by atoms with Crippen molar-refractivity contribution in [3.05, 3.63) is 69.2 Å². The number of phenols is 1. The van der Waals surface area contributed by atoms with Gasteiger partial charge in [0.1, 0.15) is 15.6 Å². The molecule has 1 aromatic heterocycles. The number of amides is 1. The second-order valence-electron chi connectivity index (χ2n) is 5.90. The molecule has 3 rings (SSSR count). The highest BCUT2D eigenvalue weighted by atomic mass is 35.5. The molecule has 0 bridgehead atoms. The van der Waals surface area contributed by atoms with Crippen molar-refractivity contribution in [2.45, 2.75) is 20.3 Å². The number of nitrogens with zero attached hydrogens (tertiary/aromatic N) is 2. The zero-order chi connectivity index (χ0) is 19.4. The molecule has 5 nitrogen and oxygen atoms in total. The Hall–Kier alpha value is -2.70. The number of aryl methyl sites for hydroxylation is 2. The highest BCUT2D eigenvalue weighted by Gasteiger charge is 2.17. The molecule has 0 saturated heterocycles. The van der Waals surface area contributed by atoms with E-state index >= 15 is 0 Å². The second-order valence-corrected chi connectivity index (χ2v) is 7.34. The van der Waals surface area contributed by atoms with Gasteiger partial charge in [-0.15, -0.1) is 11.3 Å². The minimum absolute atomic E-state index is 0.225. The van der Waals surface area contributed by atoms with E-state index in [-0.39, 0.29) is 11.7 Å². The van der Waals surface area contributed by atoms with Crippen molar-refractivity contribution in [3.8, 4) is 16.3 Å². The average molecular weight is 400 g/mol. The van der Waals surface area contributed by atoms with Crippen molar-refractivity contribution in [1.82, 2.24) is 10.4 Å². The average Bonchev–Trinajstić information content (AvgIpc) is 3.09. The summed E-state index contributed by atoms with van der Waals surface area (Å²) in [4.78, 5) is 17.6. The van der Waals surface area contributed by atoms with Gasteiger partial charge >= 0.3 is 0 Å². The third kappa shape index (κ3) is 4.53. The van der Waals surface area contributed by atoms with Gasteiger partial charge < -0.3 is 5.11 Å². The number of aromatic hydroxyl groups is 1. The van der Waals surface area contributed by atoms with Crippen LogP contribution in [0.15, 0.2) is 47.6 Å². The number of thiazole rings is 1. The molecule has 2 N–H and O–H groups in total. The standard InChI is InChI=1S/C20H18ClN3O2S/c1-3-16-18(27-20(23-16)14-5-7-15(21)8-6-14)19(26)24-22-11-13-4-9-17(25)12(2)10-13/h4-11,25H,3H2,1-2H3,(H,24,26)/b22-11+. The molecule has 0 unspecified atom stereocenters. The van der Waals surface area contributed by atoms with Gasteiger partial charge in [0.25, 0.3) is 5.91 Å². The molecule has 0 radical (unpaired) electrons. The predicted octanol–water partition coefficient (Wildman–Crippen LogP) is 4.80. The van der Waals surface area contributed by atoms with Gasteiger partial charge in [-0.25, -0.2) is 10.4 Å². The molecule has 0 aliphatic rings. The fourth-order valence-corrected chi connectivity index (χ4v) is 3.64. The van der Waals surface area contributed by atoms with Crippen molar-refractivity contribution >= 4 is 35.1 Å². The van der Waals surface area contributed by atoms with Crippen LogP contribution >= 0.6 is 22.9 Å². The van der Waals surface area contributed by atoms with E-state index in [0.29, 0.717) is 16.3 Å². The predicted molar refractivity (Wildman–Crippen MR) is 110 cm³/mol. The molecular formula is C20H18ClN3O2S. The molecule has 0 fully saturated rings. The number of carbonyl (C=O) groups excluding carboxylic acids is 1. The maximum absolute atomic E-state index is 12.5. The lowest BCUT2D eigenvalue weighted by Crippen LogP contribution is -2.17. The Bertz CT molecular complexity index is 997. The van der Waals surface area contributed by atoms with E-state index in [1.54, 1.807) is 37.3 Å². The molecule has 0 saturated carbocycles. The first kappa shape index (κ1) is 19.1. The lowest BCUT2D eigenvalue weighted by molar-refractivity contribution is 0.0958. The molecule has 0 aliphatic carbocycles. The van der Waals surface area contributed by atoms with Gasteiger partial charge in [-0.3, -0.25) is 4.79 Å². The molecule has 0 aliphatic heterocycles. The zero-order valence-corrected chi connectivity index (χ0v) is 16.4. The molecule has 3 aromatic rings. The van der Waals surface area contributed by atoms with Crippen LogP contribution in [-0.4, -0.2) is 22.2 Å². The van der Waals surface area contributed by atoms with E-state index in [9.17, 15) is 9.90 Å². The third-order valence-corrected chi connectivity index (χ3v) is 5.33. The van der Waals surface area contributed by atoms with E-state index in [0.717, 1.165) is 27.4 Å². The van der Waals surface area contributed by atoms with Crippen LogP contribution in [0, 0.1) is 6.92 Å². The largest absolute Gasteiger partial charge is 0.508 e. The number of hydrogen-bond acceptors (Lipinski definition) is 5. The van der Waals surface area contributed by atoms with Gasteiger partial charge in [0.15, 0.2) is 0 Å². The Kier molecular flexibility index (Phi) is 5.88. The Morgan fingerprint density at radius 2 is 2.04 bits per heavy atom.